The molecule has 0 aliphatic rings. The second kappa shape index (κ2) is 18.6. The number of nitrogens with zero attached hydrogens (tertiary/aromatic N) is 3. The van der Waals surface area contributed by atoms with E-state index in [1.165, 1.54) is 35.3 Å². The predicted molar refractivity (Wildman–Crippen MR) is 283 cm³/mol. The number of ether oxygens (including phenoxy) is 1. The van der Waals surface area contributed by atoms with Gasteiger partial charge in [0.15, 0.2) is 0 Å². The largest absolute Gasteiger partial charge is 0.497 e. The van der Waals surface area contributed by atoms with E-state index in [0.29, 0.717) is 16.3 Å². The SMILES string of the molecule is COc1ccc2cc(-c3cnc(-c4ccc5cc(-c6cnc(-c7ccc(-c8cnccc8SC(C)(C)C(=O)O)c8ccccc78)cc6SC(C)(C)C(=O)O)[nH]c5c4)cc3SC(C)(C)C(=O)O)ccc2c1. The Bertz CT molecular complexity index is 3570. The normalized spacial score (nSPS) is 12.2. The molecule has 0 aliphatic carbocycles. The maximum Gasteiger partial charge on any atom is 0.319 e. The Morgan fingerprint density at radius 2 is 1.07 bits per heavy atom. The topological polar surface area (TPSA) is 176 Å². The summed E-state index contributed by atoms with van der Waals surface area (Å²) in [6.07, 6.45) is 7.02. The molecule has 0 atom stereocenters. The van der Waals surface area contributed by atoms with Gasteiger partial charge in [-0.1, -0.05) is 66.7 Å². The van der Waals surface area contributed by atoms with Crippen LogP contribution >= 0.6 is 35.3 Å². The molecule has 4 heterocycles. The van der Waals surface area contributed by atoms with Crippen molar-refractivity contribution in [3.8, 4) is 61.8 Å². The fraction of sp³-hybridized carbons (Fsp3) is 0.179. The third-order valence-corrected chi connectivity index (χ3v) is 16.0. The number of hydrogen-bond donors (Lipinski definition) is 4. The van der Waals surface area contributed by atoms with Gasteiger partial charge in [-0.3, -0.25) is 29.3 Å². The number of carboxylic acids is 3. The number of hydrogen-bond acceptors (Lipinski definition) is 10. The number of nitrogens with one attached hydrogen (secondary N) is 1. The average Bonchev–Trinajstić information content (AvgIpc) is 3.76. The Kier molecular flexibility index (Phi) is 12.8. The van der Waals surface area contributed by atoms with E-state index in [2.05, 4.69) is 16.0 Å². The number of fused-ring (bicyclic) bond motifs is 3. The van der Waals surface area contributed by atoms with E-state index in [0.717, 1.165) is 92.6 Å². The Labute approximate surface area is 417 Å². The number of thioether (sulfide) groups is 3. The minimum atomic E-state index is -1.19. The van der Waals surface area contributed by atoms with E-state index < -0.39 is 32.1 Å². The predicted octanol–water partition coefficient (Wildman–Crippen LogP) is 13.9. The lowest BCUT2D eigenvalue weighted by Gasteiger charge is -2.22. The van der Waals surface area contributed by atoms with Gasteiger partial charge in [-0.25, -0.2) is 0 Å². The molecule has 11 nitrogen and oxygen atoms in total. The second-order valence-corrected chi connectivity index (χ2v) is 23.4. The number of aliphatic carboxylic acids is 3. The van der Waals surface area contributed by atoms with Crippen molar-refractivity contribution in [1.82, 2.24) is 19.9 Å². The summed E-state index contributed by atoms with van der Waals surface area (Å²) in [5.41, 5.74) is 8.71. The van der Waals surface area contributed by atoms with Gasteiger partial charge in [0.1, 0.15) is 20.0 Å². The molecule has 14 heteroatoms. The smallest absolute Gasteiger partial charge is 0.319 e. The van der Waals surface area contributed by atoms with Crippen molar-refractivity contribution in [2.45, 2.75) is 70.5 Å². The van der Waals surface area contributed by atoms with Crippen LogP contribution in [-0.4, -0.2) is 74.5 Å². The molecule has 0 fully saturated rings. The van der Waals surface area contributed by atoms with E-state index in [1.54, 1.807) is 73.4 Å². The number of pyridine rings is 3. The molecule has 0 unspecified atom stereocenters. The first-order valence-corrected chi connectivity index (χ1v) is 24.7. The molecule has 352 valence electrons. The first-order chi connectivity index (χ1) is 33.3. The third kappa shape index (κ3) is 9.46. The van der Waals surface area contributed by atoms with Crippen LogP contribution in [0, 0.1) is 0 Å². The van der Waals surface area contributed by atoms with Crippen LogP contribution in [0.15, 0.2) is 155 Å². The molecule has 9 rings (SSSR count). The van der Waals surface area contributed by atoms with E-state index >= 15 is 0 Å². The number of carboxylic acid groups (broad SMARTS) is 3. The average molecular weight is 985 g/mol. The number of carbonyl (C=O) groups is 3. The molecule has 5 aromatic carbocycles. The molecule has 4 aromatic heterocycles. The van der Waals surface area contributed by atoms with Crippen LogP contribution in [0.2, 0.25) is 0 Å². The molecular formula is C56H48N4O7S3. The van der Waals surface area contributed by atoms with Crippen LogP contribution < -0.4 is 4.74 Å². The van der Waals surface area contributed by atoms with Crippen LogP contribution in [-0.2, 0) is 14.4 Å². The zero-order valence-electron chi connectivity index (χ0n) is 39.3. The van der Waals surface area contributed by atoms with E-state index in [9.17, 15) is 29.7 Å². The summed E-state index contributed by atoms with van der Waals surface area (Å²) in [4.78, 5) is 57.4. The van der Waals surface area contributed by atoms with Gasteiger partial charge >= 0.3 is 17.9 Å². The van der Waals surface area contributed by atoms with Crippen molar-refractivity contribution in [2.24, 2.45) is 0 Å². The maximum absolute atomic E-state index is 12.6. The Morgan fingerprint density at radius 1 is 0.514 bits per heavy atom. The Balaban J connectivity index is 1.10. The molecule has 0 spiro atoms. The molecule has 9 aromatic rings. The van der Waals surface area contributed by atoms with Gasteiger partial charge in [0.25, 0.3) is 0 Å². The number of H-pyrrole nitrogens is 1. The van der Waals surface area contributed by atoms with Gasteiger partial charge in [0, 0.05) is 83.9 Å². The second-order valence-electron chi connectivity index (χ2n) is 18.4. The molecule has 0 amide bonds. The van der Waals surface area contributed by atoms with Crippen molar-refractivity contribution in [3.05, 3.63) is 140 Å². The van der Waals surface area contributed by atoms with Crippen LogP contribution in [0.4, 0.5) is 0 Å². The van der Waals surface area contributed by atoms with Gasteiger partial charge in [0.2, 0.25) is 0 Å². The standard InChI is InChI=1S/C56H48N4O7S3/c1-54(2,51(61)62)68-48-20-21-57-28-42(48)39-18-19-40(38-11-9-8-10-37(38)39)46-27-50(70-56(5,6)53(65)66)43(30-59-46)47-25-35-15-14-34(24-45(35)60-47)44-26-49(69-55(3,4)52(63)64)41(29-58-44)33-13-12-32-23-36(67-7)17-16-31(32)22-33/h8-30,60H,1-7H3,(H,61,62)(H,63,64)(H,65,66). The fourth-order valence-corrected chi connectivity index (χ4v) is 11.3. The van der Waals surface area contributed by atoms with Crippen molar-refractivity contribution >= 4 is 85.6 Å². The van der Waals surface area contributed by atoms with E-state index in [1.807, 2.05) is 109 Å². The minimum absolute atomic E-state index is 0.652. The summed E-state index contributed by atoms with van der Waals surface area (Å²) in [5.74, 6) is -2.05. The lowest BCUT2D eigenvalue weighted by atomic mass is 9.94. The van der Waals surface area contributed by atoms with Crippen LogP contribution in [0.25, 0.3) is 88.5 Å². The molecule has 0 bridgehead atoms. The van der Waals surface area contributed by atoms with Gasteiger partial charge in [0.05, 0.1) is 18.5 Å². The van der Waals surface area contributed by atoms with Crippen LogP contribution in [0.1, 0.15) is 41.5 Å². The zero-order valence-corrected chi connectivity index (χ0v) is 41.8. The van der Waals surface area contributed by atoms with Crippen molar-refractivity contribution < 1.29 is 34.4 Å². The van der Waals surface area contributed by atoms with Gasteiger partial charge < -0.3 is 25.0 Å². The van der Waals surface area contributed by atoms with Gasteiger partial charge in [-0.05, 0) is 123 Å². The number of aromatic amines is 1. The van der Waals surface area contributed by atoms with Gasteiger partial charge in [-0.15, -0.1) is 35.3 Å². The van der Waals surface area contributed by atoms with Crippen molar-refractivity contribution in [3.63, 3.8) is 0 Å². The Morgan fingerprint density at radius 3 is 1.76 bits per heavy atom. The maximum atomic E-state index is 12.6. The third-order valence-electron chi connectivity index (χ3n) is 12.2. The van der Waals surface area contributed by atoms with Crippen LogP contribution in [0.5, 0.6) is 5.75 Å². The number of benzene rings is 5. The first-order valence-electron chi connectivity index (χ1n) is 22.3. The first kappa shape index (κ1) is 47.9. The summed E-state index contributed by atoms with van der Waals surface area (Å²) < 4.78 is 2.02. The minimum Gasteiger partial charge on any atom is -0.497 e. The molecule has 0 saturated carbocycles. The monoisotopic (exact) mass is 984 g/mol. The summed E-state index contributed by atoms with van der Waals surface area (Å²) in [6, 6.07) is 37.7. The lowest BCUT2D eigenvalue weighted by Crippen LogP contribution is -2.27. The summed E-state index contributed by atoms with van der Waals surface area (Å²) in [7, 11) is 1.64. The van der Waals surface area contributed by atoms with E-state index in [-0.39, 0.29) is 0 Å². The van der Waals surface area contributed by atoms with Crippen molar-refractivity contribution in [2.75, 3.05) is 7.11 Å². The molecule has 0 saturated heterocycles. The highest BCUT2D eigenvalue weighted by Gasteiger charge is 2.33. The summed E-state index contributed by atoms with van der Waals surface area (Å²) in [6.45, 7) is 10.1. The summed E-state index contributed by atoms with van der Waals surface area (Å²) in [5, 5.41) is 35.2. The zero-order chi connectivity index (χ0) is 49.7. The van der Waals surface area contributed by atoms with E-state index in [4.69, 9.17) is 14.7 Å². The number of rotatable bonds is 15. The quantitative estimate of drug-likeness (QED) is 0.0715. The summed E-state index contributed by atoms with van der Waals surface area (Å²) >= 11 is 3.78. The highest BCUT2D eigenvalue weighted by molar-refractivity contribution is 8.02. The fourth-order valence-electron chi connectivity index (χ4n) is 8.10. The van der Waals surface area contributed by atoms with Crippen LogP contribution in [0.3, 0.4) is 0 Å². The highest BCUT2D eigenvalue weighted by atomic mass is 32.2. The molecule has 4 N–H and O–H groups in total. The molecule has 70 heavy (non-hydrogen) atoms. The molecular weight excluding hydrogens is 937 g/mol. The van der Waals surface area contributed by atoms with Crippen molar-refractivity contribution in [1.29, 1.82) is 0 Å². The molecule has 0 radical (unpaired) electrons. The molecule has 0 aliphatic heterocycles. The van der Waals surface area contributed by atoms with Gasteiger partial charge in [-0.2, -0.15) is 0 Å². The Hall–Kier alpha value is -7.13. The lowest BCUT2D eigenvalue weighted by molar-refractivity contribution is -0.139. The highest BCUT2D eigenvalue weighted by Crippen LogP contribution is 2.46. The number of aromatic nitrogens is 4. The number of methoxy groups -OCH3 is 1.